The van der Waals surface area contributed by atoms with Gasteiger partial charge in [0.05, 0.1) is 11.6 Å². The van der Waals surface area contributed by atoms with E-state index >= 15 is 0 Å². The summed E-state index contributed by atoms with van der Waals surface area (Å²) < 4.78 is 78.0. The number of halogens is 7. The Labute approximate surface area is 139 Å². The van der Waals surface area contributed by atoms with Crippen LogP contribution in [0.25, 0.3) is 0 Å². The minimum Gasteiger partial charge on any atom is -0.406 e. The summed E-state index contributed by atoms with van der Waals surface area (Å²) in [5.74, 6) is -0.433. The zero-order valence-corrected chi connectivity index (χ0v) is 12.7. The van der Waals surface area contributed by atoms with Crippen molar-refractivity contribution >= 4 is 12.4 Å². The highest BCUT2D eigenvalue weighted by Crippen LogP contribution is 2.32. The Morgan fingerprint density at radius 1 is 0.833 bits per heavy atom. The SMILES string of the molecule is Cl.N[C@H](c1ccc(OC(F)(F)F)cc1)c1cccc(C(F)(F)F)c1. The second-order valence-corrected chi connectivity index (χ2v) is 4.72. The fourth-order valence-corrected chi connectivity index (χ4v) is 1.98. The van der Waals surface area contributed by atoms with Gasteiger partial charge >= 0.3 is 12.5 Å². The second kappa shape index (κ2) is 7.31. The van der Waals surface area contributed by atoms with Gasteiger partial charge in [-0.05, 0) is 35.4 Å². The van der Waals surface area contributed by atoms with E-state index < -0.39 is 29.9 Å². The molecule has 0 aliphatic rings. The Kier molecular flexibility index (Phi) is 6.13. The van der Waals surface area contributed by atoms with E-state index in [2.05, 4.69) is 4.74 Å². The fraction of sp³-hybridized carbons (Fsp3) is 0.200. The molecule has 2 aromatic rings. The average molecular weight is 372 g/mol. The monoisotopic (exact) mass is 371 g/mol. The maximum Gasteiger partial charge on any atom is 0.573 e. The molecule has 0 heterocycles. The van der Waals surface area contributed by atoms with Crippen LogP contribution < -0.4 is 10.5 Å². The lowest BCUT2D eigenvalue weighted by Crippen LogP contribution is -2.17. The number of alkyl halides is 6. The zero-order chi connectivity index (χ0) is 17.3. The van der Waals surface area contributed by atoms with Crippen LogP contribution in [0, 0.1) is 0 Å². The molecule has 1 atom stereocenters. The van der Waals surface area contributed by atoms with Gasteiger partial charge in [-0.15, -0.1) is 25.6 Å². The van der Waals surface area contributed by atoms with Gasteiger partial charge in [0.25, 0.3) is 0 Å². The lowest BCUT2D eigenvalue weighted by Gasteiger charge is -2.16. The quantitative estimate of drug-likeness (QED) is 0.764. The molecule has 0 spiro atoms. The molecule has 0 saturated carbocycles. The Morgan fingerprint density at radius 2 is 1.42 bits per heavy atom. The molecule has 0 amide bonds. The summed E-state index contributed by atoms with van der Waals surface area (Å²) in [7, 11) is 0. The van der Waals surface area contributed by atoms with Gasteiger partial charge in [-0.1, -0.05) is 24.3 Å². The summed E-state index contributed by atoms with van der Waals surface area (Å²) in [6.45, 7) is 0. The minimum absolute atomic E-state index is 0. The maximum atomic E-state index is 12.7. The molecule has 2 aromatic carbocycles. The predicted molar refractivity (Wildman–Crippen MR) is 77.8 cm³/mol. The molecule has 0 bridgehead atoms. The molecule has 0 aliphatic carbocycles. The molecule has 0 aromatic heterocycles. The van der Waals surface area contributed by atoms with Gasteiger partial charge in [-0.25, -0.2) is 0 Å². The van der Waals surface area contributed by atoms with Crippen LogP contribution in [0.4, 0.5) is 26.3 Å². The number of hydrogen-bond acceptors (Lipinski definition) is 2. The molecule has 0 unspecified atom stereocenters. The summed E-state index contributed by atoms with van der Waals surface area (Å²) in [6, 6.07) is 8.20. The van der Waals surface area contributed by atoms with E-state index in [0.717, 1.165) is 24.3 Å². The number of ether oxygens (including phenoxy) is 1. The molecule has 24 heavy (non-hydrogen) atoms. The van der Waals surface area contributed by atoms with Gasteiger partial charge in [0.1, 0.15) is 5.75 Å². The molecular weight excluding hydrogens is 360 g/mol. The van der Waals surface area contributed by atoms with Gasteiger partial charge in [0.2, 0.25) is 0 Å². The van der Waals surface area contributed by atoms with Crippen molar-refractivity contribution in [2.75, 3.05) is 0 Å². The molecule has 0 fully saturated rings. The van der Waals surface area contributed by atoms with Crippen molar-refractivity contribution in [3.8, 4) is 5.75 Å². The van der Waals surface area contributed by atoms with E-state index in [1.54, 1.807) is 0 Å². The van der Waals surface area contributed by atoms with Crippen molar-refractivity contribution in [3.63, 3.8) is 0 Å². The molecule has 2 N–H and O–H groups in total. The van der Waals surface area contributed by atoms with E-state index in [9.17, 15) is 26.3 Å². The van der Waals surface area contributed by atoms with Crippen molar-refractivity contribution in [2.24, 2.45) is 5.73 Å². The maximum absolute atomic E-state index is 12.7. The van der Waals surface area contributed by atoms with Crippen LogP contribution >= 0.6 is 12.4 Å². The summed E-state index contributed by atoms with van der Waals surface area (Å²) in [4.78, 5) is 0. The second-order valence-electron chi connectivity index (χ2n) is 4.72. The highest BCUT2D eigenvalue weighted by molar-refractivity contribution is 5.85. The number of hydrogen-bond donors (Lipinski definition) is 1. The number of nitrogens with two attached hydrogens (primary N) is 1. The summed E-state index contributed by atoms with van der Waals surface area (Å²) in [5, 5.41) is 0. The molecule has 0 radical (unpaired) electrons. The molecular formula is C15H12ClF6NO. The average Bonchev–Trinajstić information content (AvgIpc) is 2.45. The van der Waals surface area contributed by atoms with Crippen LogP contribution in [0.2, 0.25) is 0 Å². The van der Waals surface area contributed by atoms with Crippen molar-refractivity contribution < 1.29 is 31.1 Å². The van der Waals surface area contributed by atoms with Crippen LogP contribution in [0.15, 0.2) is 48.5 Å². The van der Waals surface area contributed by atoms with E-state index in [-0.39, 0.29) is 18.0 Å². The predicted octanol–water partition coefficient (Wildman–Crippen LogP) is 5.07. The van der Waals surface area contributed by atoms with Crippen LogP contribution in [-0.4, -0.2) is 6.36 Å². The van der Waals surface area contributed by atoms with E-state index in [4.69, 9.17) is 5.73 Å². The first-order valence-electron chi connectivity index (χ1n) is 6.35. The first kappa shape index (κ1) is 20.1. The smallest absolute Gasteiger partial charge is 0.406 e. The van der Waals surface area contributed by atoms with Gasteiger partial charge in [-0.3, -0.25) is 0 Å². The fourth-order valence-electron chi connectivity index (χ4n) is 1.98. The van der Waals surface area contributed by atoms with E-state index in [0.29, 0.717) is 5.56 Å². The van der Waals surface area contributed by atoms with Crippen LogP contribution in [0.1, 0.15) is 22.7 Å². The van der Waals surface area contributed by atoms with Crippen LogP contribution in [0.5, 0.6) is 5.75 Å². The highest BCUT2D eigenvalue weighted by Gasteiger charge is 2.32. The molecule has 2 nitrogen and oxygen atoms in total. The van der Waals surface area contributed by atoms with Gasteiger partial charge in [-0.2, -0.15) is 13.2 Å². The molecule has 2 rings (SSSR count). The largest absolute Gasteiger partial charge is 0.573 e. The number of rotatable bonds is 3. The van der Waals surface area contributed by atoms with Gasteiger partial charge in [0, 0.05) is 0 Å². The summed E-state index contributed by atoms with van der Waals surface area (Å²) in [5.41, 5.74) is 5.59. The molecule has 0 saturated heterocycles. The number of benzene rings is 2. The Bertz CT molecular complexity index is 669. The minimum atomic E-state index is -4.81. The lowest BCUT2D eigenvalue weighted by molar-refractivity contribution is -0.274. The lowest BCUT2D eigenvalue weighted by atomic mass is 9.98. The van der Waals surface area contributed by atoms with Crippen molar-refractivity contribution in [1.29, 1.82) is 0 Å². The third kappa shape index (κ3) is 5.31. The van der Waals surface area contributed by atoms with E-state index in [1.165, 1.54) is 24.3 Å². The highest BCUT2D eigenvalue weighted by atomic mass is 35.5. The topological polar surface area (TPSA) is 35.2 Å². The zero-order valence-electron chi connectivity index (χ0n) is 11.9. The van der Waals surface area contributed by atoms with Crippen LogP contribution in [0.3, 0.4) is 0 Å². The van der Waals surface area contributed by atoms with Crippen molar-refractivity contribution in [3.05, 3.63) is 65.2 Å². The van der Waals surface area contributed by atoms with E-state index in [1.807, 2.05) is 0 Å². The van der Waals surface area contributed by atoms with Gasteiger partial charge < -0.3 is 10.5 Å². The van der Waals surface area contributed by atoms with Crippen molar-refractivity contribution in [1.82, 2.24) is 0 Å². The Balaban J connectivity index is 0.00000288. The first-order chi connectivity index (χ1) is 10.6. The first-order valence-corrected chi connectivity index (χ1v) is 6.35. The van der Waals surface area contributed by atoms with Crippen LogP contribution in [-0.2, 0) is 6.18 Å². The Morgan fingerprint density at radius 3 is 1.92 bits per heavy atom. The third-order valence-corrected chi connectivity index (χ3v) is 3.05. The normalized spacial score (nSPS) is 13.1. The molecule has 132 valence electrons. The molecule has 9 heteroatoms. The van der Waals surface area contributed by atoms with Gasteiger partial charge in [0.15, 0.2) is 0 Å². The Hall–Kier alpha value is -1.93. The molecule has 0 aliphatic heterocycles. The standard InChI is InChI=1S/C15H11F6NO.ClH/c16-14(17,18)11-3-1-2-10(8-11)13(22)9-4-6-12(7-5-9)23-15(19,20)21;/h1-8,13H,22H2;1H/t13-;/m1./s1. The third-order valence-electron chi connectivity index (χ3n) is 3.05. The summed E-state index contributed by atoms with van der Waals surface area (Å²) >= 11 is 0. The van der Waals surface area contributed by atoms with Crippen molar-refractivity contribution in [2.45, 2.75) is 18.6 Å². The summed E-state index contributed by atoms with van der Waals surface area (Å²) in [6.07, 6.45) is -9.31.